The predicted molar refractivity (Wildman–Crippen MR) is 56.4 cm³/mol. The smallest absolute Gasteiger partial charge is 0.234 e. The van der Waals surface area contributed by atoms with E-state index in [2.05, 4.69) is 4.98 Å². The van der Waals surface area contributed by atoms with Gasteiger partial charge in [0.25, 0.3) is 0 Å². The number of nitrogens with two attached hydrogens (primary N) is 1. The number of benzene rings is 1. The topological polar surface area (TPSA) is 61.3 Å². The van der Waals surface area contributed by atoms with Crippen molar-refractivity contribution < 1.29 is 9.15 Å². The van der Waals surface area contributed by atoms with E-state index in [1.165, 1.54) is 6.26 Å². The van der Waals surface area contributed by atoms with Crippen molar-refractivity contribution in [3.05, 3.63) is 42.0 Å². The van der Waals surface area contributed by atoms with Gasteiger partial charge in [-0.05, 0) is 24.6 Å². The number of ether oxygens (including phenoxy) is 1. The molecule has 0 saturated heterocycles. The Morgan fingerprint density at radius 2 is 2.33 bits per heavy atom. The molecule has 4 heteroatoms. The molecule has 78 valence electrons. The van der Waals surface area contributed by atoms with Crippen LogP contribution in [0.4, 0.5) is 5.82 Å². The Balaban J connectivity index is 1.99. The van der Waals surface area contributed by atoms with E-state index in [0.29, 0.717) is 18.3 Å². The molecule has 2 N–H and O–H groups in total. The SMILES string of the molecule is Cc1cccc(OCc2nc(N)co2)c1. The number of anilines is 1. The first-order valence-corrected chi connectivity index (χ1v) is 4.63. The van der Waals surface area contributed by atoms with E-state index in [1.54, 1.807) is 0 Å². The van der Waals surface area contributed by atoms with E-state index in [1.807, 2.05) is 31.2 Å². The number of rotatable bonds is 3. The molecule has 0 atom stereocenters. The molecule has 0 fully saturated rings. The third-order valence-electron chi connectivity index (χ3n) is 1.92. The lowest BCUT2D eigenvalue weighted by Gasteiger charge is -2.03. The van der Waals surface area contributed by atoms with Gasteiger partial charge in [-0.15, -0.1) is 0 Å². The van der Waals surface area contributed by atoms with Gasteiger partial charge in [-0.3, -0.25) is 0 Å². The van der Waals surface area contributed by atoms with Gasteiger partial charge in [0, 0.05) is 0 Å². The second-order valence-corrected chi connectivity index (χ2v) is 3.27. The van der Waals surface area contributed by atoms with Crippen LogP contribution in [0.2, 0.25) is 0 Å². The minimum absolute atomic E-state index is 0.292. The number of aromatic nitrogens is 1. The molecule has 15 heavy (non-hydrogen) atoms. The van der Waals surface area contributed by atoms with Gasteiger partial charge in [-0.25, -0.2) is 0 Å². The first-order valence-electron chi connectivity index (χ1n) is 4.63. The Bertz CT molecular complexity index is 451. The molecular weight excluding hydrogens is 192 g/mol. The van der Waals surface area contributed by atoms with Gasteiger partial charge < -0.3 is 14.9 Å². The van der Waals surface area contributed by atoms with Crippen LogP contribution < -0.4 is 10.5 Å². The molecule has 0 amide bonds. The van der Waals surface area contributed by atoms with Crippen LogP contribution in [0.25, 0.3) is 0 Å². The summed E-state index contributed by atoms with van der Waals surface area (Å²) in [4.78, 5) is 3.93. The Morgan fingerprint density at radius 3 is 3.00 bits per heavy atom. The highest BCUT2D eigenvalue weighted by Crippen LogP contribution is 2.14. The van der Waals surface area contributed by atoms with Crippen molar-refractivity contribution in [1.82, 2.24) is 4.98 Å². The van der Waals surface area contributed by atoms with Gasteiger partial charge in [-0.2, -0.15) is 4.98 Å². The molecule has 2 aromatic rings. The third kappa shape index (κ3) is 2.49. The predicted octanol–water partition coefficient (Wildman–Crippen LogP) is 2.14. The van der Waals surface area contributed by atoms with Crippen molar-refractivity contribution >= 4 is 5.82 Å². The lowest BCUT2D eigenvalue weighted by atomic mass is 10.2. The van der Waals surface area contributed by atoms with Crippen LogP contribution >= 0.6 is 0 Å². The van der Waals surface area contributed by atoms with Crippen molar-refractivity contribution in [2.24, 2.45) is 0 Å². The Hall–Kier alpha value is -1.97. The summed E-state index contributed by atoms with van der Waals surface area (Å²) in [6, 6.07) is 7.79. The number of aryl methyl sites for hydroxylation is 1. The maximum absolute atomic E-state index is 5.47. The summed E-state index contributed by atoms with van der Waals surface area (Å²) < 4.78 is 10.5. The number of hydrogen-bond donors (Lipinski definition) is 1. The second-order valence-electron chi connectivity index (χ2n) is 3.27. The minimum Gasteiger partial charge on any atom is -0.484 e. The third-order valence-corrected chi connectivity index (χ3v) is 1.92. The summed E-state index contributed by atoms with van der Waals surface area (Å²) in [5.41, 5.74) is 6.56. The molecule has 0 aliphatic heterocycles. The van der Waals surface area contributed by atoms with Crippen LogP contribution in [0.1, 0.15) is 11.5 Å². The number of nitrogen functional groups attached to an aromatic ring is 1. The molecule has 0 aliphatic carbocycles. The Morgan fingerprint density at radius 1 is 1.47 bits per heavy atom. The number of oxazole rings is 1. The van der Waals surface area contributed by atoms with Crippen molar-refractivity contribution in [3.63, 3.8) is 0 Å². The lowest BCUT2D eigenvalue weighted by molar-refractivity contribution is 0.263. The van der Waals surface area contributed by atoms with Crippen LogP contribution in [-0.2, 0) is 6.61 Å². The molecule has 0 spiro atoms. The van der Waals surface area contributed by atoms with Crippen molar-refractivity contribution in [1.29, 1.82) is 0 Å². The van der Waals surface area contributed by atoms with E-state index in [-0.39, 0.29) is 0 Å². The average molecular weight is 204 g/mol. The first kappa shape index (κ1) is 9.58. The molecule has 1 heterocycles. The van der Waals surface area contributed by atoms with Gasteiger partial charge in [0.1, 0.15) is 12.0 Å². The van der Waals surface area contributed by atoms with Crippen LogP contribution in [-0.4, -0.2) is 4.98 Å². The second kappa shape index (κ2) is 4.04. The summed E-state index contributed by atoms with van der Waals surface area (Å²) in [7, 11) is 0. The summed E-state index contributed by atoms with van der Waals surface area (Å²) in [6.07, 6.45) is 1.40. The van der Waals surface area contributed by atoms with Crippen molar-refractivity contribution in [2.75, 3.05) is 5.73 Å². The van der Waals surface area contributed by atoms with E-state index in [4.69, 9.17) is 14.9 Å². The van der Waals surface area contributed by atoms with Gasteiger partial charge in [0.05, 0.1) is 0 Å². The normalized spacial score (nSPS) is 10.2. The van der Waals surface area contributed by atoms with Gasteiger partial charge in [0.15, 0.2) is 12.4 Å². The van der Waals surface area contributed by atoms with Gasteiger partial charge in [-0.1, -0.05) is 12.1 Å². The minimum atomic E-state index is 0.292. The largest absolute Gasteiger partial charge is 0.484 e. The van der Waals surface area contributed by atoms with Crippen molar-refractivity contribution in [3.8, 4) is 5.75 Å². The highest BCUT2D eigenvalue weighted by atomic mass is 16.5. The zero-order valence-corrected chi connectivity index (χ0v) is 8.43. The zero-order valence-electron chi connectivity index (χ0n) is 8.43. The van der Waals surface area contributed by atoms with E-state index in [0.717, 1.165) is 11.3 Å². The van der Waals surface area contributed by atoms with E-state index < -0.39 is 0 Å². The summed E-state index contributed by atoms with van der Waals surface area (Å²) in [5, 5.41) is 0. The van der Waals surface area contributed by atoms with Crippen LogP contribution in [0.5, 0.6) is 5.75 Å². The maximum atomic E-state index is 5.47. The van der Waals surface area contributed by atoms with Gasteiger partial charge in [0.2, 0.25) is 5.89 Å². The summed E-state index contributed by atoms with van der Waals surface area (Å²) in [6.45, 7) is 2.30. The standard InChI is InChI=1S/C11H12N2O2/c1-8-3-2-4-9(5-8)14-7-11-13-10(12)6-15-11/h2-6H,7,12H2,1H3. The highest BCUT2D eigenvalue weighted by Gasteiger charge is 2.01. The van der Waals surface area contributed by atoms with E-state index in [9.17, 15) is 0 Å². The molecule has 2 rings (SSSR count). The zero-order chi connectivity index (χ0) is 10.7. The molecule has 1 aromatic heterocycles. The Kier molecular flexibility index (Phi) is 2.58. The molecule has 0 bridgehead atoms. The molecule has 1 aromatic carbocycles. The lowest BCUT2D eigenvalue weighted by Crippen LogP contribution is -1.96. The number of nitrogens with zero attached hydrogens (tertiary/aromatic N) is 1. The summed E-state index contributed by atoms with van der Waals surface area (Å²) >= 11 is 0. The monoisotopic (exact) mass is 204 g/mol. The Labute approximate surface area is 87.7 Å². The fourth-order valence-corrected chi connectivity index (χ4v) is 1.24. The molecule has 0 radical (unpaired) electrons. The van der Waals surface area contributed by atoms with Gasteiger partial charge >= 0.3 is 0 Å². The molecule has 0 unspecified atom stereocenters. The summed E-state index contributed by atoms with van der Waals surface area (Å²) in [5.74, 6) is 1.65. The fourth-order valence-electron chi connectivity index (χ4n) is 1.24. The number of hydrogen-bond acceptors (Lipinski definition) is 4. The quantitative estimate of drug-likeness (QED) is 0.832. The van der Waals surface area contributed by atoms with Crippen molar-refractivity contribution in [2.45, 2.75) is 13.5 Å². The molecule has 4 nitrogen and oxygen atoms in total. The highest BCUT2D eigenvalue weighted by molar-refractivity contribution is 5.27. The van der Waals surface area contributed by atoms with Crippen LogP contribution in [0.15, 0.2) is 34.9 Å². The molecule has 0 aliphatic rings. The van der Waals surface area contributed by atoms with Crippen LogP contribution in [0, 0.1) is 6.92 Å². The van der Waals surface area contributed by atoms with Crippen LogP contribution in [0.3, 0.4) is 0 Å². The maximum Gasteiger partial charge on any atom is 0.234 e. The van der Waals surface area contributed by atoms with E-state index >= 15 is 0 Å². The molecular formula is C11H12N2O2. The fraction of sp³-hybridized carbons (Fsp3) is 0.182. The average Bonchev–Trinajstić information content (AvgIpc) is 2.62. The first-order chi connectivity index (χ1) is 7.24. The molecule has 0 saturated carbocycles.